The van der Waals surface area contributed by atoms with E-state index in [4.69, 9.17) is 15.2 Å². The number of nitrogens with two attached hydrogens (primary N) is 1. The molecule has 0 aliphatic carbocycles. The zero-order valence-electron chi connectivity index (χ0n) is 9.86. The second-order valence-electron chi connectivity index (χ2n) is 3.66. The van der Waals surface area contributed by atoms with Crippen LogP contribution in [0.1, 0.15) is 11.3 Å². The highest BCUT2D eigenvalue weighted by atomic mass is 16.5. The number of nitrogens with one attached hydrogen (secondary N) is 1. The topological polar surface area (TPSA) is 73.2 Å². The lowest BCUT2D eigenvalue weighted by Gasteiger charge is -2.08. The molecule has 0 radical (unpaired) electrons. The number of H-pyrrole nitrogens is 1. The van der Waals surface area contributed by atoms with Gasteiger partial charge in [-0.2, -0.15) is 0 Å². The molecule has 0 fully saturated rings. The Morgan fingerprint density at radius 3 is 2.59 bits per heavy atom. The molecule has 5 nitrogen and oxygen atoms in total. The monoisotopic (exact) mass is 233 g/mol. The molecule has 0 saturated heterocycles. The number of rotatable bonds is 4. The van der Waals surface area contributed by atoms with E-state index in [0.717, 1.165) is 29.2 Å². The van der Waals surface area contributed by atoms with Gasteiger partial charge < -0.3 is 20.2 Å². The van der Waals surface area contributed by atoms with E-state index in [1.165, 1.54) is 0 Å². The highest BCUT2D eigenvalue weighted by Gasteiger charge is 2.06. The van der Waals surface area contributed by atoms with E-state index >= 15 is 0 Å². The van der Waals surface area contributed by atoms with Gasteiger partial charge in [-0.25, -0.2) is 4.98 Å². The van der Waals surface area contributed by atoms with Crippen molar-refractivity contribution in [1.82, 2.24) is 9.97 Å². The van der Waals surface area contributed by atoms with Gasteiger partial charge in [-0.3, -0.25) is 0 Å². The zero-order valence-corrected chi connectivity index (χ0v) is 9.86. The summed E-state index contributed by atoms with van der Waals surface area (Å²) in [5.41, 5.74) is 7.59. The van der Waals surface area contributed by atoms with Gasteiger partial charge in [-0.15, -0.1) is 0 Å². The predicted octanol–water partition coefficient (Wildman–Crippen LogP) is 1.60. The maximum absolute atomic E-state index is 5.52. The van der Waals surface area contributed by atoms with Crippen LogP contribution < -0.4 is 15.2 Å². The third-order valence-electron chi connectivity index (χ3n) is 2.49. The highest BCUT2D eigenvalue weighted by Crippen LogP contribution is 2.28. The first-order chi connectivity index (χ1) is 8.22. The standard InChI is InChI=1S/C12H15N3O2/c1-16-10-4-3-8(6-11(10)17-2)5-9-7-14-12(13)15-9/h3-4,6-7H,5H2,1-2H3,(H3,13,14,15). The van der Waals surface area contributed by atoms with Crippen LogP contribution in [-0.2, 0) is 6.42 Å². The molecule has 2 aromatic rings. The van der Waals surface area contributed by atoms with Crippen molar-refractivity contribution >= 4 is 5.95 Å². The Balaban J connectivity index is 2.22. The van der Waals surface area contributed by atoms with Crippen molar-refractivity contribution in [2.45, 2.75) is 6.42 Å². The molecule has 1 aromatic heterocycles. The summed E-state index contributed by atoms with van der Waals surface area (Å²) in [5.74, 6) is 1.87. The molecule has 0 aliphatic rings. The average molecular weight is 233 g/mol. The molecule has 5 heteroatoms. The fourth-order valence-corrected chi connectivity index (χ4v) is 1.68. The first-order valence-corrected chi connectivity index (χ1v) is 5.23. The van der Waals surface area contributed by atoms with Crippen LogP contribution in [0, 0.1) is 0 Å². The molecule has 0 atom stereocenters. The Hall–Kier alpha value is -2.17. The van der Waals surface area contributed by atoms with Crippen molar-refractivity contribution in [1.29, 1.82) is 0 Å². The SMILES string of the molecule is COc1ccc(Cc2cnc(N)[nH]2)cc1OC. The van der Waals surface area contributed by atoms with E-state index in [1.807, 2.05) is 18.2 Å². The molecule has 0 spiro atoms. The van der Waals surface area contributed by atoms with Crippen molar-refractivity contribution in [2.75, 3.05) is 20.0 Å². The number of nitrogens with zero attached hydrogens (tertiary/aromatic N) is 1. The van der Waals surface area contributed by atoms with Gasteiger partial charge in [0.25, 0.3) is 0 Å². The van der Waals surface area contributed by atoms with E-state index < -0.39 is 0 Å². The Morgan fingerprint density at radius 1 is 1.24 bits per heavy atom. The number of hydrogen-bond acceptors (Lipinski definition) is 4. The first kappa shape index (κ1) is 11.3. The quantitative estimate of drug-likeness (QED) is 0.841. The largest absolute Gasteiger partial charge is 0.493 e. The summed E-state index contributed by atoms with van der Waals surface area (Å²) >= 11 is 0. The van der Waals surface area contributed by atoms with Gasteiger partial charge in [0.05, 0.1) is 20.4 Å². The van der Waals surface area contributed by atoms with E-state index in [1.54, 1.807) is 20.4 Å². The zero-order chi connectivity index (χ0) is 12.3. The number of aromatic nitrogens is 2. The summed E-state index contributed by atoms with van der Waals surface area (Å²) in [7, 11) is 3.24. The van der Waals surface area contributed by atoms with Crippen molar-refractivity contribution in [2.24, 2.45) is 0 Å². The van der Waals surface area contributed by atoms with E-state index in [9.17, 15) is 0 Å². The van der Waals surface area contributed by atoms with E-state index in [2.05, 4.69) is 9.97 Å². The van der Waals surface area contributed by atoms with Crippen LogP contribution >= 0.6 is 0 Å². The van der Waals surface area contributed by atoms with Gasteiger partial charge in [0, 0.05) is 12.1 Å². The summed E-state index contributed by atoms with van der Waals surface area (Å²) in [6.45, 7) is 0. The van der Waals surface area contributed by atoms with Gasteiger partial charge in [0.15, 0.2) is 17.4 Å². The molecule has 3 N–H and O–H groups in total. The lowest BCUT2D eigenvalue weighted by molar-refractivity contribution is 0.354. The minimum absolute atomic E-state index is 0.431. The minimum atomic E-state index is 0.431. The maximum atomic E-state index is 5.52. The lowest BCUT2D eigenvalue weighted by atomic mass is 10.1. The number of anilines is 1. The van der Waals surface area contributed by atoms with Crippen LogP contribution in [0.5, 0.6) is 11.5 Å². The summed E-state index contributed by atoms with van der Waals surface area (Å²) < 4.78 is 10.4. The number of imidazole rings is 1. The van der Waals surface area contributed by atoms with E-state index in [-0.39, 0.29) is 0 Å². The summed E-state index contributed by atoms with van der Waals surface area (Å²) in [5, 5.41) is 0. The highest BCUT2D eigenvalue weighted by molar-refractivity contribution is 5.43. The first-order valence-electron chi connectivity index (χ1n) is 5.23. The molecule has 0 aliphatic heterocycles. The molecule has 0 amide bonds. The molecule has 0 bridgehead atoms. The summed E-state index contributed by atoms with van der Waals surface area (Å²) in [6.07, 6.45) is 2.45. The second kappa shape index (κ2) is 4.78. The summed E-state index contributed by atoms with van der Waals surface area (Å²) in [6, 6.07) is 5.81. The van der Waals surface area contributed by atoms with Crippen molar-refractivity contribution in [3.63, 3.8) is 0 Å². The minimum Gasteiger partial charge on any atom is -0.493 e. The molecular formula is C12H15N3O2. The van der Waals surface area contributed by atoms with Crippen molar-refractivity contribution in [3.8, 4) is 11.5 Å². The maximum Gasteiger partial charge on any atom is 0.197 e. The smallest absolute Gasteiger partial charge is 0.197 e. The van der Waals surface area contributed by atoms with Gasteiger partial charge in [-0.05, 0) is 17.7 Å². The van der Waals surface area contributed by atoms with Gasteiger partial charge in [0.1, 0.15) is 0 Å². The molecule has 90 valence electrons. The predicted molar refractivity (Wildman–Crippen MR) is 65.4 cm³/mol. The Kier molecular flexibility index (Phi) is 3.18. The second-order valence-corrected chi connectivity index (χ2v) is 3.66. The number of nitrogen functional groups attached to an aromatic ring is 1. The molecule has 2 rings (SSSR count). The number of aromatic amines is 1. The molecular weight excluding hydrogens is 218 g/mol. The Labute approximate surface area is 99.6 Å². The molecule has 0 saturated carbocycles. The van der Waals surface area contributed by atoms with Crippen molar-refractivity contribution in [3.05, 3.63) is 35.7 Å². The van der Waals surface area contributed by atoms with Crippen LogP contribution in [0.15, 0.2) is 24.4 Å². The number of methoxy groups -OCH3 is 2. The normalized spacial score (nSPS) is 10.2. The van der Waals surface area contributed by atoms with Gasteiger partial charge >= 0.3 is 0 Å². The van der Waals surface area contributed by atoms with Gasteiger partial charge in [0.2, 0.25) is 0 Å². The molecule has 1 heterocycles. The van der Waals surface area contributed by atoms with Crippen LogP contribution in [0.25, 0.3) is 0 Å². The third-order valence-corrected chi connectivity index (χ3v) is 2.49. The van der Waals surface area contributed by atoms with Crippen LogP contribution in [-0.4, -0.2) is 24.2 Å². The average Bonchev–Trinajstić information content (AvgIpc) is 2.74. The van der Waals surface area contributed by atoms with Crippen LogP contribution in [0.3, 0.4) is 0 Å². The fraction of sp³-hybridized carbons (Fsp3) is 0.250. The van der Waals surface area contributed by atoms with Crippen molar-refractivity contribution < 1.29 is 9.47 Å². The van der Waals surface area contributed by atoms with Gasteiger partial charge in [-0.1, -0.05) is 6.07 Å². The molecule has 17 heavy (non-hydrogen) atoms. The number of hydrogen-bond donors (Lipinski definition) is 2. The number of benzene rings is 1. The van der Waals surface area contributed by atoms with Crippen LogP contribution in [0.4, 0.5) is 5.95 Å². The fourth-order valence-electron chi connectivity index (χ4n) is 1.68. The summed E-state index contributed by atoms with van der Waals surface area (Å²) in [4.78, 5) is 6.94. The number of ether oxygens (including phenoxy) is 2. The Bertz CT molecular complexity index is 508. The molecule has 1 aromatic carbocycles. The lowest BCUT2D eigenvalue weighted by Crippen LogP contribution is -1.94. The third kappa shape index (κ3) is 2.50. The molecule has 0 unspecified atom stereocenters. The van der Waals surface area contributed by atoms with E-state index in [0.29, 0.717) is 5.95 Å². The Morgan fingerprint density at radius 2 is 2.00 bits per heavy atom. The van der Waals surface area contributed by atoms with Crippen LogP contribution in [0.2, 0.25) is 0 Å².